The zero-order valence-corrected chi connectivity index (χ0v) is 12.9. The molecule has 3 heterocycles. The minimum Gasteiger partial charge on any atom is -0.479 e. The van der Waals surface area contributed by atoms with Crippen molar-refractivity contribution in [1.82, 2.24) is 29.3 Å². The fourth-order valence-electron chi connectivity index (χ4n) is 2.07. The van der Waals surface area contributed by atoms with Crippen LogP contribution in [0.2, 0.25) is 0 Å². The number of hydrogen-bond donors (Lipinski definition) is 1. The van der Waals surface area contributed by atoms with Crippen LogP contribution in [0.5, 0.6) is 5.88 Å². The number of nitrogens with one attached hydrogen (secondary N) is 1. The summed E-state index contributed by atoms with van der Waals surface area (Å²) in [5.41, 5.74) is 0.812. The number of amides is 1. The Bertz CT molecular complexity index is 835. The van der Waals surface area contributed by atoms with E-state index in [9.17, 15) is 4.79 Å². The molecule has 0 radical (unpaired) electrons. The number of nitrogens with zero attached hydrogens (tertiary/aromatic N) is 6. The van der Waals surface area contributed by atoms with Crippen molar-refractivity contribution in [1.29, 1.82) is 0 Å². The fraction of sp³-hybridized carbons (Fsp3) is 0.214. The van der Waals surface area contributed by atoms with Crippen LogP contribution in [-0.2, 0) is 7.05 Å². The average molecular weight is 313 g/mol. The van der Waals surface area contributed by atoms with E-state index in [0.29, 0.717) is 17.2 Å². The molecule has 3 aromatic rings. The Balaban J connectivity index is 1.78. The fourth-order valence-corrected chi connectivity index (χ4v) is 2.07. The first-order chi connectivity index (χ1) is 11.1. The summed E-state index contributed by atoms with van der Waals surface area (Å²) in [5.74, 6) is 1.18. The van der Waals surface area contributed by atoms with Gasteiger partial charge in [0.2, 0.25) is 11.8 Å². The van der Waals surface area contributed by atoms with Crippen molar-refractivity contribution in [3.05, 3.63) is 42.4 Å². The highest BCUT2D eigenvalue weighted by atomic mass is 16.5. The molecule has 0 atom stereocenters. The van der Waals surface area contributed by atoms with Gasteiger partial charge in [0.15, 0.2) is 0 Å². The molecule has 9 nitrogen and oxygen atoms in total. The minimum absolute atomic E-state index is 0.261. The first kappa shape index (κ1) is 14.7. The molecule has 9 heteroatoms. The van der Waals surface area contributed by atoms with E-state index in [2.05, 4.69) is 25.4 Å². The van der Waals surface area contributed by atoms with E-state index < -0.39 is 0 Å². The lowest BCUT2D eigenvalue weighted by Gasteiger charge is -2.06. The number of aryl methyl sites for hydroxylation is 2. The number of methoxy groups -OCH3 is 1. The third-order valence-corrected chi connectivity index (χ3v) is 3.17. The maximum atomic E-state index is 12.3. The van der Waals surface area contributed by atoms with Crippen LogP contribution in [0.3, 0.4) is 0 Å². The van der Waals surface area contributed by atoms with Crippen LogP contribution < -0.4 is 10.1 Å². The largest absolute Gasteiger partial charge is 0.479 e. The zero-order chi connectivity index (χ0) is 16.4. The molecule has 0 aliphatic carbocycles. The summed E-state index contributed by atoms with van der Waals surface area (Å²) in [7, 11) is 3.18. The summed E-state index contributed by atoms with van der Waals surface area (Å²) >= 11 is 0. The van der Waals surface area contributed by atoms with Gasteiger partial charge in [-0.15, -0.1) is 5.10 Å². The first-order valence-corrected chi connectivity index (χ1v) is 6.80. The van der Waals surface area contributed by atoms with E-state index in [-0.39, 0.29) is 11.8 Å². The summed E-state index contributed by atoms with van der Waals surface area (Å²) < 4.78 is 8.33. The highest BCUT2D eigenvalue weighted by Gasteiger charge is 2.16. The number of rotatable bonds is 4. The summed E-state index contributed by atoms with van der Waals surface area (Å²) in [4.78, 5) is 24.8. The molecule has 0 aliphatic heterocycles. The van der Waals surface area contributed by atoms with Gasteiger partial charge >= 0.3 is 0 Å². The molecule has 0 bridgehead atoms. The van der Waals surface area contributed by atoms with E-state index in [0.717, 1.165) is 5.82 Å². The van der Waals surface area contributed by atoms with Crippen molar-refractivity contribution >= 4 is 11.6 Å². The van der Waals surface area contributed by atoms with Gasteiger partial charge in [-0.2, -0.15) is 0 Å². The van der Waals surface area contributed by atoms with Gasteiger partial charge in [-0.1, -0.05) is 0 Å². The van der Waals surface area contributed by atoms with Crippen molar-refractivity contribution in [2.75, 3.05) is 12.4 Å². The van der Waals surface area contributed by atoms with Crippen LogP contribution in [0.1, 0.15) is 16.2 Å². The predicted molar refractivity (Wildman–Crippen MR) is 81.6 cm³/mol. The maximum Gasteiger partial charge on any atom is 0.262 e. The van der Waals surface area contributed by atoms with Crippen molar-refractivity contribution in [3.8, 4) is 11.8 Å². The van der Waals surface area contributed by atoms with Gasteiger partial charge in [0.25, 0.3) is 5.91 Å². The molecule has 0 aromatic carbocycles. The zero-order valence-electron chi connectivity index (χ0n) is 12.9. The molecular formula is C14H15N7O2. The molecule has 1 amide bonds. The normalized spacial score (nSPS) is 10.6. The third-order valence-electron chi connectivity index (χ3n) is 3.17. The van der Waals surface area contributed by atoms with E-state index in [4.69, 9.17) is 4.74 Å². The molecule has 0 fully saturated rings. The lowest BCUT2D eigenvalue weighted by molar-refractivity contribution is 0.102. The number of anilines is 1. The van der Waals surface area contributed by atoms with Gasteiger partial charge in [-0.05, 0) is 6.92 Å². The van der Waals surface area contributed by atoms with Gasteiger partial charge in [-0.25, -0.2) is 15.0 Å². The van der Waals surface area contributed by atoms with E-state index in [1.54, 1.807) is 30.2 Å². The molecular weight excluding hydrogens is 298 g/mol. The van der Waals surface area contributed by atoms with Crippen LogP contribution >= 0.6 is 0 Å². The smallest absolute Gasteiger partial charge is 0.262 e. The average Bonchev–Trinajstić information content (AvgIpc) is 3.13. The van der Waals surface area contributed by atoms with Crippen molar-refractivity contribution in [2.45, 2.75) is 6.92 Å². The van der Waals surface area contributed by atoms with Crippen molar-refractivity contribution in [2.24, 2.45) is 7.05 Å². The lowest BCUT2D eigenvalue weighted by Crippen LogP contribution is -2.13. The van der Waals surface area contributed by atoms with Crippen molar-refractivity contribution in [3.63, 3.8) is 0 Å². The van der Waals surface area contributed by atoms with E-state index in [1.807, 2.05) is 6.92 Å². The number of aromatic nitrogens is 6. The predicted octanol–water partition coefficient (Wildman–Crippen LogP) is 0.965. The van der Waals surface area contributed by atoms with Crippen LogP contribution in [0.25, 0.3) is 5.95 Å². The molecule has 0 saturated carbocycles. The Kier molecular flexibility index (Phi) is 3.75. The molecule has 118 valence electrons. The highest BCUT2D eigenvalue weighted by molar-refractivity contribution is 6.05. The van der Waals surface area contributed by atoms with Gasteiger partial charge in [0.05, 0.1) is 25.2 Å². The van der Waals surface area contributed by atoms with Gasteiger partial charge in [0, 0.05) is 25.6 Å². The number of ether oxygens (including phenoxy) is 1. The molecule has 0 saturated heterocycles. The quantitative estimate of drug-likeness (QED) is 0.770. The summed E-state index contributed by atoms with van der Waals surface area (Å²) in [6, 6.07) is 0. The number of hydrogen-bond acceptors (Lipinski definition) is 6. The number of imidazole rings is 1. The summed E-state index contributed by atoms with van der Waals surface area (Å²) in [6.07, 6.45) is 8.08. The maximum absolute atomic E-state index is 12.3. The summed E-state index contributed by atoms with van der Waals surface area (Å²) in [6.45, 7) is 1.85. The Hall–Kier alpha value is -3.23. The third kappa shape index (κ3) is 2.89. The van der Waals surface area contributed by atoms with E-state index in [1.165, 1.54) is 24.2 Å². The lowest BCUT2D eigenvalue weighted by atomic mass is 10.3. The minimum atomic E-state index is -0.342. The second kappa shape index (κ2) is 5.87. The second-order valence-corrected chi connectivity index (χ2v) is 4.80. The highest BCUT2D eigenvalue weighted by Crippen LogP contribution is 2.17. The molecule has 0 aliphatic rings. The molecule has 3 rings (SSSR count). The van der Waals surface area contributed by atoms with Crippen LogP contribution in [0.4, 0.5) is 5.69 Å². The van der Waals surface area contributed by atoms with Crippen LogP contribution in [0, 0.1) is 6.92 Å². The molecule has 3 aromatic heterocycles. The topological polar surface area (TPSA) is 99.8 Å². The van der Waals surface area contributed by atoms with Crippen LogP contribution in [0.15, 0.2) is 31.0 Å². The van der Waals surface area contributed by atoms with E-state index >= 15 is 0 Å². The molecule has 1 N–H and O–H groups in total. The van der Waals surface area contributed by atoms with Crippen molar-refractivity contribution < 1.29 is 9.53 Å². The Morgan fingerprint density at radius 3 is 2.61 bits per heavy atom. The Morgan fingerprint density at radius 1 is 1.26 bits per heavy atom. The van der Waals surface area contributed by atoms with Gasteiger partial charge in [-0.3, -0.25) is 14.0 Å². The standard InChI is InChI=1S/C14H15N7O2/c1-9-15-4-5-21(9)14-16-6-10(7-17-14)18-12(22)11-8-20(2)19-13(11)23-3/h4-8H,1-3H3,(H,18,22). The van der Waals surface area contributed by atoms with Gasteiger partial charge < -0.3 is 10.1 Å². The van der Waals surface area contributed by atoms with Gasteiger partial charge in [0.1, 0.15) is 11.4 Å². The summed E-state index contributed by atoms with van der Waals surface area (Å²) in [5, 5.41) is 6.75. The SMILES string of the molecule is COc1nn(C)cc1C(=O)Nc1cnc(-n2ccnc2C)nc1. The monoisotopic (exact) mass is 313 g/mol. The second-order valence-electron chi connectivity index (χ2n) is 4.80. The van der Waals surface area contributed by atoms with Crippen LogP contribution in [-0.4, -0.2) is 42.3 Å². The Morgan fingerprint density at radius 2 is 2.00 bits per heavy atom. The first-order valence-electron chi connectivity index (χ1n) is 6.80. The molecule has 0 spiro atoms. The molecule has 23 heavy (non-hydrogen) atoms. The Labute approximate surface area is 132 Å². The number of carbonyl (C=O) groups is 1. The number of carbonyl (C=O) groups excluding carboxylic acids is 1. The molecule has 0 unspecified atom stereocenters.